The summed E-state index contributed by atoms with van der Waals surface area (Å²) < 4.78 is 13.1. The maximum atomic E-state index is 12.5. The van der Waals surface area contributed by atoms with Crippen LogP contribution in [0.5, 0.6) is 11.5 Å². The Hall–Kier alpha value is -2.74. The summed E-state index contributed by atoms with van der Waals surface area (Å²) >= 11 is 0. The summed E-state index contributed by atoms with van der Waals surface area (Å²) in [7, 11) is 1.51. The average Bonchev–Trinajstić information content (AvgIpc) is 3.37. The number of hydrogen-bond acceptors (Lipinski definition) is 4. The number of rotatable bonds is 6. The van der Waals surface area contributed by atoms with Gasteiger partial charge in [-0.2, -0.15) is 5.26 Å². The van der Waals surface area contributed by atoms with Gasteiger partial charge in [0.25, 0.3) is 0 Å². The fourth-order valence-electron chi connectivity index (χ4n) is 3.03. The number of Topliss-reactive ketones (excluding diaryl/α,β-unsaturated/α-hetero) is 1. The highest BCUT2D eigenvalue weighted by atomic mass is 16.5. The third-order valence-electron chi connectivity index (χ3n) is 4.35. The summed E-state index contributed by atoms with van der Waals surface area (Å²) in [6.07, 6.45) is 2.37. The molecule has 1 saturated carbocycles. The molecule has 1 aromatic carbocycles. The maximum Gasteiger partial charge on any atom is 0.202 e. The molecule has 124 valence electrons. The fraction of sp³-hybridized carbons (Fsp3) is 0.368. The largest absolute Gasteiger partial charge is 0.493 e. The topological polar surface area (TPSA) is 64.2 Å². The van der Waals surface area contributed by atoms with Crippen molar-refractivity contribution in [3.8, 4) is 17.6 Å². The van der Waals surface area contributed by atoms with Crippen LogP contribution in [0.25, 0.3) is 0 Å². The van der Waals surface area contributed by atoms with Crippen LogP contribution in [0.15, 0.2) is 24.3 Å². The number of ether oxygens (including phenoxy) is 2. The summed E-state index contributed by atoms with van der Waals surface area (Å²) in [4.78, 5) is 12.5. The van der Waals surface area contributed by atoms with Gasteiger partial charge in [-0.15, -0.1) is 0 Å². The lowest BCUT2D eigenvalue weighted by molar-refractivity contribution is 0.0918. The molecule has 0 N–H and O–H groups in total. The van der Waals surface area contributed by atoms with Crippen molar-refractivity contribution in [1.82, 2.24) is 4.57 Å². The number of benzene rings is 1. The van der Waals surface area contributed by atoms with Gasteiger partial charge >= 0.3 is 0 Å². The number of carbonyl (C=O) groups is 1. The van der Waals surface area contributed by atoms with E-state index in [9.17, 15) is 4.79 Å². The zero-order chi connectivity index (χ0) is 17.3. The van der Waals surface area contributed by atoms with Gasteiger partial charge in [0.1, 0.15) is 0 Å². The second kappa shape index (κ2) is 6.40. The Balaban J connectivity index is 1.75. The molecule has 0 amide bonds. The Kier molecular flexibility index (Phi) is 4.30. The molecule has 5 heteroatoms. The number of nitrogens with zero attached hydrogens (tertiary/aromatic N) is 2. The molecule has 0 saturated heterocycles. The van der Waals surface area contributed by atoms with Gasteiger partial charge in [0, 0.05) is 29.1 Å². The number of carbonyl (C=O) groups excluding carboxylic acids is 1. The van der Waals surface area contributed by atoms with Crippen molar-refractivity contribution in [2.24, 2.45) is 0 Å². The van der Waals surface area contributed by atoms with E-state index < -0.39 is 0 Å². The van der Waals surface area contributed by atoms with Crippen LogP contribution in [0.2, 0.25) is 0 Å². The average molecular weight is 324 g/mol. The van der Waals surface area contributed by atoms with Gasteiger partial charge in [0.2, 0.25) is 5.78 Å². The van der Waals surface area contributed by atoms with E-state index in [0.29, 0.717) is 28.7 Å². The summed E-state index contributed by atoms with van der Waals surface area (Å²) in [6, 6.07) is 9.42. The predicted molar refractivity (Wildman–Crippen MR) is 89.7 cm³/mol. The van der Waals surface area contributed by atoms with Crippen LogP contribution in [0.1, 0.15) is 46.2 Å². The minimum absolute atomic E-state index is 0.0542. The number of aryl methyl sites for hydroxylation is 1. The number of methoxy groups -OCH3 is 1. The lowest BCUT2D eigenvalue weighted by atomic mass is 10.1. The summed E-state index contributed by atoms with van der Waals surface area (Å²) in [6.45, 7) is 3.96. The van der Waals surface area contributed by atoms with Gasteiger partial charge in [-0.3, -0.25) is 4.79 Å². The third kappa shape index (κ3) is 3.00. The zero-order valence-corrected chi connectivity index (χ0v) is 14.1. The van der Waals surface area contributed by atoms with Crippen molar-refractivity contribution in [2.75, 3.05) is 13.7 Å². The Bertz CT molecular complexity index is 826. The number of ketones is 1. The quantitative estimate of drug-likeness (QED) is 0.762. The maximum absolute atomic E-state index is 12.5. The summed E-state index contributed by atoms with van der Waals surface area (Å²) in [5, 5.41) is 8.92. The first-order valence-electron chi connectivity index (χ1n) is 7.97. The molecular weight excluding hydrogens is 304 g/mol. The van der Waals surface area contributed by atoms with Crippen molar-refractivity contribution in [3.05, 3.63) is 46.8 Å². The number of aromatic nitrogens is 1. The molecule has 0 aliphatic heterocycles. The Morgan fingerprint density at radius 1 is 1.29 bits per heavy atom. The fourth-order valence-corrected chi connectivity index (χ4v) is 3.03. The van der Waals surface area contributed by atoms with E-state index in [-0.39, 0.29) is 12.4 Å². The molecule has 0 spiro atoms. The summed E-state index contributed by atoms with van der Waals surface area (Å²) in [5.74, 6) is 0.854. The van der Waals surface area contributed by atoms with Crippen molar-refractivity contribution in [3.63, 3.8) is 0 Å². The first kappa shape index (κ1) is 16.1. The van der Waals surface area contributed by atoms with E-state index in [1.165, 1.54) is 20.0 Å². The first-order valence-corrected chi connectivity index (χ1v) is 7.97. The highest BCUT2D eigenvalue weighted by molar-refractivity contribution is 5.98. The lowest BCUT2D eigenvalue weighted by Gasteiger charge is -2.11. The second-order valence-corrected chi connectivity index (χ2v) is 6.08. The SMILES string of the molecule is COc1cc(C#N)ccc1OCC(=O)c1cc(C)n(C2CC2)c1C. The lowest BCUT2D eigenvalue weighted by Crippen LogP contribution is -2.13. The van der Waals surface area contributed by atoms with Gasteiger partial charge < -0.3 is 14.0 Å². The van der Waals surface area contributed by atoms with E-state index in [0.717, 1.165) is 11.4 Å². The van der Waals surface area contributed by atoms with E-state index >= 15 is 0 Å². The zero-order valence-electron chi connectivity index (χ0n) is 14.1. The van der Waals surface area contributed by atoms with Crippen molar-refractivity contribution < 1.29 is 14.3 Å². The molecule has 1 aliphatic rings. The van der Waals surface area contributed by atoms with Crippen LogP contribution in [-0.2, 0) is 0 Å². The second-order valence-electron chi connectivity index (χ2n) is 6.08. The number of hydrogen-bond donors (Lipinski definition) is 0. The standard InChI is InChI=1S/C19H20N2O3/c1-12-8-16(13(2)21(12)15-5-6-15)17(22)11-24-18-7-4-14(10-20)9-19(18)23-3/h4,7-9,15H,5-6,11H2,1-3H3. The molecule has 2 aromatic rings. The van der Waals surface area contributed by atoms with Crippen molar-refractivity contribution >= 4 is 5.78 Å². The van der Waals surface area contributed by atoms with Gasteiger partial charge in [-0.25, -0.2) is 0 Å². The third-order valence-corrected chi connectivity index (χ3v) is 4.35. The van der Waals surface area contributed by atoms with Crippen LogP contribution in [0, 0.1) is 25.2 Å². The van der Waals surface area contributed by atoms with E-state index in [1.807, 2.05) is 26.0 Å². The van der Waals surface area contributed by atoms with E-state index in [4.69, 9.17) is 14.7 Å². The molecular formula is C19H20N2O3. The normalized spacial score (nSPS) is 13.4. The predicted octanol–water partition coefficient (Wildman–Crippen LogP) is 3.58. The first-order chi connectivity index (χ1) is 11.5. The number of nitriles is 1. The van der Waals surface area contributed by atoms with Gasteiger partial charge in [0.05, 0.1) is 18.7 Å². The Morgan fingerprint density at radius 2 is 2.04 bits per heavy atom. The molecule has 0 atom stereocenters. The van der Waals surface area contributed by atoms with Crippen LogP contribution in [-0.4, -0.2) is 24.1 Å². The van der Waals surface area contributed by atoms with Crippen LogP contribution in [0.3, 0.4) is 0 Å². The molecule has 0 radical (unpaired) electrons. The summed E-state index contributed by atoms with van der Waals surface area (Å²) in [5.41, 5.74) is 3.33. The molecule has 1 fully saturated rings. The van der Waals surface area contributed by atoms with Crippen LogP contribution < -0.4 is 9.47 Å². The van der Waals surface area contributed by atoms with Crippen molar-refractivity contribution in [2.45, 2.75) is 32.7 Å². The molecule has 3 rings (SSSR count). The molecule has 0 unspecified atom stereocenters. The Morgan fingerprint density at radius 3 is 2.67 bits per heavy atom. The van der Waals surface area contributed by atoms with E-state index in [2.05, 4.69) is 4.57 Å². The van der Waals surface area contributed by atoms with E-state index in [1.54, 1.807) is 18.2 Å². The molecule has 24 heavy (non-hydrogen) atoms. The van der Waals surface area contributed by atoms with Crippen LogP contribution in [0.4, 0.5) is 0 Å². The Labute approximate surface area is 141 Å². The van der Waals surface area contributed by atoms with Crippen molar-refractivity contribution in [1.29, 1.82) is 5.26 Å². The molecule has 1 aromatic heterocycles. The highest BCUT2D eigenvalue weighted by Gasteiger charge is 2.28. The molecule has 1 aliphatic carbocycles. The van der Waals surface area contributed by atoms with Gasteiger partial charge in [0.15, 0.2) is 18.1 Å². The molecule has 5 nitrogen and oxygen atoms in total. The van der Waals surface area contributed by atoms with Crippen LogP contribution >= 0.6 is 0 Å². The van der Waals surface area contributed by atoms with Gasteiger partial charge in [-0.05, 0) is 44.9 Å². The minimum Gasteiger partial charge on any atom is -0.493 e. The molecule has 1 heterocycles. The minimum atomic E-state index is -0.0583. The smallest absolute Gasteiger partial charge is 0.202 e. The van der Waals surface area contributed by atoms with Gasteiger partial charge in [-0.1, -0.05) is 0 Å². The molecule has 0 bridgehead atoms. The monoisotopic (exact) mass is 324 g/mol. The highest BCUT2D eigenvalue weighted by Crippen LogP contribution is 2.38.